The van der Waals surface area contributed by atoms with Crippen LogP contribution in [0.5, 0.6) is 0 Å². The van der Waals surface area contributed by atoms with Crippen LogP contribution >= 0.6 is 0 Å². The fourth-order valence-corrected chi connectivity index (χ4v) is 5.48. The molecule has 1 aliphatic heterocycles. The number of aldehydes is 1. The molecule has 0 saturated carbocycles. The average molecular weight is 348 g/mol. The molecule has 2 aromatic carbocycles. The molecule has 1 atom stereocenters. The average Bonchev–Trinajstić information content (AvgIpc) is 2.47. The number of carbonyl (C=O) groups excluding carboxylic acids is 1. The topological polar surface area (TPSA) is 17.1 Å². The van der Waals surface area contributed by atoms with E-state index in [0.717, 1.165) is 6.29 Å². The molecular formula is C16H12OTe. The van der Waals surface area contributed by atoms with Gasteiger partial charge in [0.2, 0.25) is 0 Å². The van der Waals surface area contributed by atoms with Gasteiger partial charge in [0.25, 0.3) is 0 Å². The van der Waals surface area contributed by atoms with E-state index in [1.54, 1.807) is 0 Å². The van der Waals surface area contributed by atoms with Gasteiger partial charge in [0, 0.05) is 0 Å². The van der Waals surface area contributed by atoms with E-state index < -0.39 is 0 Å². The van der Waals surface area contributed by atoms with E-state index in [1.165, 1.54) is 18.4 Å². The van der Waals surface area contributed by atoms with E-state index in [0.29, 0.717) is 0 Å². The summed E-state index contributed by atoms with van der Waals surface area (Å²) in [5.41, 5.74) is 2.47. The number of benzene rings is 2. The van der Waals surface area contributed by atoms with Crippen LogP contribution in [0.2, 0.25) is 0 Å². The summed E-state index contributed by atoms with van der Waals surface area (Å²) < 4.78 is 2.76. The van der Waals surface area contributed by atoms with Gasteiger partial charge in [-0.15, -0.1) is 0 Å². The molecule has 1 nitrogen and oxygen atoms in total. The summed E-state index contributed by atoms with van der Waals surface area (Å²) >= 11 is -0.378. The molecule has 0 saturated heterocycles. The van der Waals surface area contributed by atoms with Crippen molar-refractivity contribution in [3.63, 3.8) is 0 Å². The van der Waals surface area contributed by atoms with E-state index in [4.69, 9.17) is 0 Å². The Hall–Kier alpha value is -1.36. The molecule has 18 heavy (non-hydrogen) atoms. The quantitative estimate of drug-likeness (QED) is 0.602. The Labute approximate surface area is 117 Å². The van der Waals surface area contributed by atoms with Crippen molar-refractivity contribution in [3.8, 4) is 0 Å². The monoisotopic (exact) mass is 350 g/mol. The molecule has 1 unspecified atom stereocenters. The van der Waals surface area contributed by atoms with Crippen LogP contribution in [0, 0.1) is 0 Å². The Morgan fingerprint density at radius 3 is 2.44 bits per heavy atom. The van der Waals surface area contributed by atoms with Gasteiger partial charge in [0.05, 0.1) is 0 Å². The zero-order valence-electron chi connectivity index (χ0n) is 9.74. The zero-order valence-corrected chi connectivity index (χ0v) is 12.1. The summed E-state index contributed by atoms with van der Waals surface area (Å²) in [5, 5.41) is 0. The Kier molecular flexibility index (Phi) is 3.32. The first kappa shape index (κ1) is 11.7. The van der Waals surface area contributed by atoms with Crippen molar-refractivity contribution in [2.75, 3.05) is 0 Å². The number of hydrogen-bond acceptors (Lipinski definition) is 1. The molecule has 2 heteroatoms. The fraction of sp³-hybridized carbons (Fsp3) is 0.0625. The van der Waals surface area contributed by atoms with Crippen LogP contribution in [0.4, 0.5) is 0 Å². The molecule has 0 radical (unpaired) electrons. The Bertz CT molecular complexity index is 602. The van der Waals surface area contributed by atoms with Crippen LogP contribution in [-0.2, 0) is 4.79 Å². The van der Waals surface area contributed by atoms with E-state index in [9.17, 15) is 4.79 Å². The van der Waals surface area contributed by atoms with Gasteiger partial charge in [-0.05, 0) is 0 Å². The maximum absolute atomic E-state index is 11.3. The Morgan fingerprint density at radius 2 is 1.67 bits per heavy atom. The summed E-state index contributed by atoms with van der Waals surface area (Å²) in [5.74, 6) is -0.0738. The van der Waals surface area contributed by atoms with Gasteiger partial charge in [-0.1, -0.05) is 0 Å². The van der Waals surface area contributed by atoms with Crippen molar-refractivity contribution < 1.29 is 4.79 Å². The number of fused-ring (bicyclic) bond motifs is 1. The number of allylic oxidation sites excluding steroid dienone is 1. The molecular weight excluding hydrogens is 336 g/mol. The van der Waals surface area contributed by atoms with Crippen LogP contribution in [0.3, 0.4) is 0 Å². The minimum atomic E-state index is -0.378. The van der Waals surface area contributed by atoms with Gasteiger partial charge in [0.15, 0.2) is 0 Å². The molecule has 0 amide bonds. The second-order valence-corrected chi connectivity index (χ2v) is 7.29. The third-order valence-corrected chi connectivity index (χ3v) is 6.41. The van der Waals surface area contributed by atoms with Gasteiger partial charge in [-0.2, -0.15) is 0 Å². The summed E-state index contributed by atoms with van der Waals surface area (Å²) in [6, 6.07) is 18.7. The van der Waals surface area contributed by atoms with Gasteiger partial charge in [0.1, 0.15) is 0 Å². The molecule has 1 heterocycles. The van der Waals surface area contributed by atoms with Crippen LogP contribution in [0.25, 0.3) is 3.62 Å². The Morgan fingerprint density at radius 1 is 0.944 bits per heavy atom. The van der Waals surface area contributed by atoms with Crippen molar-refractivity contribution in [3.05, 3.63) is 71.8 Å². The normalized spacial score (nSPS) is 17.8. The van der Waals surface area contributed by atoms with Gasteiger partial charge in [-0.3, -0.25) is 0 Å². The van der Waals surface area contributed by atoms with E-state index >= 15 is 0 Å². The van der Waals surface area contributed by atoms with Gasteiger partial charge in [-0.25, -0.2) is 0 Å². The Balaban J connectivity index is 2.06. The van der Waals surface area contributed by atoms with E-state index in [2.05, 4.69) is 48.5 Å². The first-order valence-electron chi connectivity index (χ1n) is 5.88. The van der Waals surface area contributed by atoms with Gasteiger partial charge < -0.3 is 0 Å². The van der Waals surface area contributed by atoms with Gasteiger partial charge >= 0.3 is 117 Å². The number of hydrogen-bond donors (Lipinski definition) is 0. The standard InChI is InChI=1S/C16H12OTe/c17-11-13-10-16(12-6-2-1-3-7-12)18-15-9-5-4-8-14(13)15/h1-11,13H. The molecule has 88 valence electrons. The summed E-state index contributed by atoms with van der Waals surface area (Å²) in [6.45, 7) is 0. The van der Waals surface area contributed by atoms with Crippen LogP contribution in [-0.4, -0.2) is 27.2 Å². The number of rotatable bonds is 2. The van der Waals surface area contributed by atoms with Crippen molar-refractivity contribution in [1.29, 1.82) is 0 Å². The second-order valence-electron chi connectivity index (χ2n) is 4.20. The minimum absolute atomic E-state index is 0.0738. The predicted octanol–water partition coefficient (Wildman–Crippen LogP) is 2.35. The third-order valence-electron chi connectivity index (χ3n) is 3.03. The predicted molar refractivity (Wildman–Crippen MR) is 75.1 cm³/mol. The molecule has 0 aliphatic carbocycles. The maximum atomic E-state index is 11.3. The summed E-state index contributed by atoms with van der Waals surface area (Å²) in [6.07, 6.45) is 3.20. The van der Waals surface area contributed by atoms with Crippen LogP contribution in [0.15, 0.2) is 60.7 Å². The molecule has 0 spiro atoms. The van der Waals surface area contributed by atoms with Crippen LogP contribution < -0.4 is 3.61 Å². The van der Waals surface area contributed by atoms with Crippen molar-refractivity contribution in [2.24, 2.45) is 0 Å². The molecule has 3 rings (SSSR count). The fourth-order valence-electron chi connectivity index (χ4n) is 2.12. The molecule has 0 fully saturated rings. The molecule has 0 N–H and O–H groups in total. The van der Waals surface area contributed by atoms with Crippen molar-refractivity contribution in [2.45, 2.75) is 5.92 Å². The molecule has 2 aromatic rings. The SMILES string of the molecule is O=CC1C=C(c2ccccc2)[Te]c2ccccc21. The second kappa shape index (κ2) is 5.10. The molecule has 0 bridgehead atoms. The van der Waals surface area contributed by atoms with Crippen molar-refractivity contribution in [1.82, 2.24) is 0 Å². The first-order valence-corrected chi connectivity index (χ1v) is 8.21. The molecule has 1 aliphatic rings. The number of carbonyl (C=O) groups is 1. The third kappa shape index (κ3) is 2.14. The first-order chi connectivity index (χ1) is 8.88. The summed E-state index contributed by atoms with van der Waals surface area (Å²) in [7, 11) is 0. The van der Waals surface area contributed by atoms with Crippen molar-refractivity contribution >= 4 is 34.4 Å². The van der Waals surface area contributed by atoms with E-state index in [1.807, 2.05) is 12.1 Å². The summed E-state index contributed by atoms with van der Waals surface area (Å²) in [4.78, 5) is 11.3. The van der Waals surface area contributed by atoms with E-state index in [-0.39, 0.29) is 26.8 Å². The molecule has 0 aromatic heterocycles. The van der Waals surface area contributed by atoms with Crippen LogP contribution in [0.1, 0.15) is 17.0 Å². The zero-order chi connectivity index (χ0) is 12.4.